The van der Waals surface area contributed by atoms with Crippen LogP contribution in [0.25, 0.3) is 0 Å². The van der Waals surface area contributed by atoms with Crippen molar-refractivity contribution in [3.63, 3.8) is 0 Å². The van der Waals surface area contributed by atoms with Crippen molar-refractivity contribution in [3.8, 4) is 5.75 Å². The topological polar surface area (TPSA) is 107 Å². The second kappa shape index (κ2) is 6.81. The monoisotopic (exact) mass is 348 g/mol. The van der Waals surface area contributed by atoms with Gasteiger partial charge in [-0.15, -0.1) is 0 Å². The lowest BCUT2D eigenvalue weighted by Crippen LogP contribution is -2.22. The Morgan fingerprint density at radius 1 is 1.00 bits per heavy atom. The number of carbonyl (C=O) groups excluding carboxylic acids is 2. The van der Waals surface area contributed by atoms with Crippen LogP contribution in [0.2, 0.25) is 0 Å². The van der Waals surface area contributed by atoms with Crippen molar-refractivity contribution < 1.29 is 22.7 Å². The quantitative estimate of drug-likeness (QED) is 0.646. The normalized spacial score (nSPS) is 11.3. The maximum atomic E-state index is 12.2. The molecule has 2 aromatic carbocycles. The molecule has 2 aromatic rings. The molecule has 24 heavy (non-hydrogen) atoms. The van der Waals surface area contributed by atoms with Gasteiger partial charge in [0.1, 0.15) is 5.75 Å². The van der Waals surface area contributed by atoms with Gasteiger partial charge in [-0.05, 0) is 42.5 Å². The number of amides is 1. The molecule has 0 aliphatic carbocycles. The van der Waals surface area contributed by atoms with E-state index in [-0.39, 0.29) is 21.8 Å². The summed E-state index contributed by atoms with van der Waals surface area (Å²) in [5.41, 5.74) is 5.51. The number of ether oxygens (including phenoxy) is 1. The van der Waals surface area contributed by atoms with Crippen molar-refractivity contribution in [2.75, 3.05) is 14.1 Å². The first-order valence-electron chi connectivity index (χ1n) is 6.86. The van der Waals surface area contributed by atoms with Gasteiger partial charge in [0.25, 0.3) is 0 Å². The van der Waals surface area contributed by atoms with Gasteiger partial charge in [0.15, 0.2) is 0 Å². The largest absolute Gasteiger partial charge is 0.423 e. The third kappa shape index (κ3) is 3.79. The molecular weight excluding hydrogens is 332 g/mol. The first-order chi connectivity index (χ1) is 11.2. The Bertz CT molecular complexity index is 874. The van der Waals surface area contributed by atoms with Crippen molar-refractivity contribution in [1.29, 1.82) is 0 Å². The van der Waals surface area contributed by atoms with E-state index in [1.807, 2.05) is 0 Å². The molecule has 0 bridgehead atoms. The molecule has 2 N–H and O–H groups in total. The molecule has 0 saturated carbocycles. The summed E-state index contributed by atoms with van der Waals surface area (Å²) < 4.78 is 30.4. The average Bonchev–Trinajstić information content (AvgIpc) is 2.55. The molecule has 0 unspecified atom stereocenters. The van der Waals surface area contributed by atoms with Crippen molar-refractivity contribution in [2.24, 2.45) is 5.73 Å². The smallest absolute Gasteiger partial charge is 0.343 e. The number of nitrogens with zero attached hydrogens (tertiary/aromatic N) is 1. The van der Waals surface area contributed by atoms with Crippen LogP contribution in [-0.2, 0) is 10.0 Å². The van der Waals surface area contributed by atoms with E-state index in [0.717, 1.165) is 4.31 Å². The van der Waals surface area contributed by atoms with E-state index in [1.165, 1.54) is 62.6 Å². The molecule has 0 spiro atoms. The van der Waals surface area contributed by atoms with E-state index < -0.39 is 21.9 Å². The maximum Gasteiger partial charge on any atom is 0.343 e. The van der Waals surface area contributed by atoms with Crippen LogP contribution in [0.15, 0.2) is 53.4 Å². The van der Waals surface area contributed by atoms with Crippen molar-refractivity contribution >= 4 is 21.9 Å². The number of esters is 1. The minimum Gasteiger partial charge on any atom is -0.423 e. The van der Waals surface area contributed by atoms with Gasteiger partial charge in [0.2, 0.25) is 15.9 Å². The van der Waals surface area contributed by atoms with Crippen molar-refractivity contribution in [3.05, 3.63) is 59.7 Å². The zero-order valence-corrected chi connectivity index (χ0v) is 13.9. The van der Waals surface area contributed by atoms with Gasteiger partial charge in [-0.2, -0.15) is 0 Å². The Kier molecular flexibility index (Phi) is 5.01. The third-order valence-electron chi connectivity index (χ3n) is 3.20. The minimum atomic E-state index is -3.65. The van der Waals surface area contributed by atoms with Crippen LogP contribution in [0.4, 0.5) is 0 Å². The molecule has 0 aliphatic rings. The number of hydrogen-bond acceptors (Lipinski definition) is 5. The fourth-order valence-electron chi connectivity index (χ4n) is 1.85. The number of sulfonamides is 1. The molecule has 0 fully saturated rings. The average molecular weight is 348 g/mol. The summed E-state index contributed by atoms with van der Waals surface area (Å²) in [4.78, 5) is 23.1. The molecule has 126 valence electrons. The van der Waals surface area contributed by atoms with E-state index in [1.54, 1.807) is 0 Å². The van der Waals surface area contributed by atoms with Gasteiger partial charge in [-0.3, -0.25) is 4.79 Å². The maximum absolute atomic E-state index is 12.2. The molecule has 8 heteroatoms. The van der Waals surface area contributed by atoms with Crippen LogP contribution in [0.1, 0.15) is 20.7 Å². The van der Waals surface area contributed by atoms with Gasteiger partial charge >= 0.3 is 5.97 Å². The lowest BCUT2D eigenvalue weighted by molar-refractivity contribution is 0.0734. The third-order valence-corrected chi connectivity index (χ3v) is 5.01. The first kappa shape index (κ1) is 17.6. The first-order valence-corrected chi connectivity index (χ1v) is 8.30. The summed E-state index contributed by atoms with van der Waals surface area (Å²) in [6.07, 6.45) is 0. The Morgan fingerprint density at radius 3 is 2.17 bits per heavy atom. The van der Waals surface area contributed by atoms with Crippen LogP contribution in [0.3, 0.4) is 0 Å². The molecule has 0 aliphatic heterocycles. The van der Waals surface area contributed by atoms with Crippen molar-refractivity contribution in [1.82, 2.24) is 4.31 Å². The highest BCUT2D eigenvalue weighted by atomic mass is 32.2. The molecular formula is C16H16N2O5S. The summed E-state index contributed by atoms with van der Waals surface area (Å²) in [6, 6.07) is 11.3. The second-order valence-corrected chi connectivity index (χ2v) is 7.25. The molecule has 1 amide bonds. The Labute approximate surface area is 139 Å². The van der Waals surface area contributed by atoms with Crippen LogP contribution in [0, 0.1) is 0 Å². The number of primary amides is 1. The zero-order valence-electron chi connectivity index (χ0n) is 13.1. The molecule has 0 saturated heterocycles. The predicted octanol–water partition coefficient (Wildman–Crippen LogP) is 1.26. The molecule has 0 radical (unpaired) electrons. The predicted molar refractivity (Wildman–Crippen MR) is 87.2 cm³/mol. The van der Waals surface area contributed by atoms with Crippen LogP contribution < -0.4 is 10.5 Å². The zero-order chi connectivity index (χ0) is 17.9. The van der Waals surface area contributed by atoms with Crippen LogP contribution in [-0.4, -0.2) is 38.7 Å². The SMILES string of the molecule is CN(C)S(=O)(=O)c1cccc(C(=O)Oc2ccc(C(N)=O)cc2)c1. The number of hydrogen-bond donors (Lipinski definition) is 1. The molecule has 0 heterocycles. The molecule has 7 nitrogen and oxygen atoms in total. The van der Waals surface area contributed by atoms with E-state index in [2.05, 4.69) is 0 Å². The number of nitrogens with two attached hydrogens (primary N) is 1. The van der Waals surface area contributed by atoms with Gasteiger partial charge in [0, 0.05) is 19.7 Å². The summed E-state index contributed by atoms with van der Waals surface area (Å²) in [5, 5.41) is 0. The highest BCUT2D eigenvalue weighted by Crippen LogP contribution is 2.18. The summed E-state index contributed by atoms with van der Waals surface area (Å²) in [7, 11) is -0.840. The number of benzene rings is 2. The van der Waals surface area contributed by atoms with Crippen molar-refractivity contribution in [2.45, 2.75) is 4.90 Å². The Hall–Kier alpha value is -2.71. The fourth-order valence-corrected chi connectivity index (χ4v) is 2.80. The Balaban J connectivity index is 2.23. The van der Waals surface area contributed by atoms with Gasteiger partial charge < -0.3 is 10.5 Å². The van der Waals surface area contributed by atoms with E-state index in [0.29, 0.717) is 0 Å². The number of rotatable bonds is 5. The van der Waals surface area contributed by atoms with E-state index in [9.17, 15) is 18.0 Å². The Morgan fingerprint density at radius 2 is 1.62 bits per heavy atom. The van der Waals surface area contributed by atoms with E-state index in [4.69, 9.17) is 10.5 Å². The minimum absolute atomic E-state index is 0.00831. The molecule has 0 atom stereocenters. The molecule has 2 rings (SSSR count). The lowest BCUT2D eigenvalue weighted by Gasteiger charge is -2.12. The van der Waals surface area contributed by atoms with Gasteiger partial charge in [0.05, 0.1) is 10.5 Å². The highest BCUT2D eigenvalue weighted by Gasteiger charge is 2.19. The molecule has 0 aromatic heterocycles. The van der Waals surface area contributed by atoms with Gasteiger partial charge in [-0.1, -0.05) is 6.07 Å². The van der Waals surface area contributed by atoms with Gasteiger partial charge in [-0.25, -0.2) is 17.5 Å². The summed E-state index contributed by atoms with van der Waals surface area (Å²) in [5.74, 6) is -1.09. The summed E-state index contributed by atoms with van der Waals surface area (Å²) >= 11 is 0. The highest BCUT2D eigenvalue weighted by molar-refractivity contribution is 7.89. The lowest BCUT2D eigenvalue weighted by atomic mass is 10.2. The summed E-state index contributed by atoms with van der Waals surface area (Å²) in [6.45, 7) is 0. The van der Waals surface area contributed by atoms with Crippen LogP contribution in [0.5, 0.6) is 5.75 Å². The number of carbonyl (C=O) groups is 2. The standard InChI is InChI=1S/C16H16N2O5S/c1-18(2)24(21,22)14-5-3-4-12(10-14)16(20)23-13-8-6-11(7-9-13)15(17)19/h3-10H,1-2H3,(H2,17,19). The second-order valence-electron chi connectivity index (χ2n) is 5.09. The van der Waals surface area contributed by atoms with Crippen LogP contribution >= 0.6 is 0 Å². The van der Waals surface area contributed by atoms with E-state index >= 15 is 0 Å². The fraction of sp³-hybridized carbons (Fsp3) is 0.125.